The first kappa shape index (κ1) is 23.1. The number of aryl methyl sites for hydroxylation is 1. The zero-order valence-corrected chi connectivity index (χ0v) is 18.4. The van der Waals surface area contributed by atoms with E-state index in [9.17, 15) is 22.8 Å². The van der Waals surface area contributed by atoms with Crippen molar-refractivity contribution < 1.29 is 27.4 Å². The number of ketones is 1. The molecule has 0 bridgehead atoms. The van der Waals surface area contributed by atoms with Crippen molar-refractivity contribution in [3.63, 3.8) is 0 Å². The summed E-state index contributed by atoms with van der Waals surface area (Å²) in [4.78, 5) is 24.6. The Hall–Kier alpha value is -4.07. The standard InChI is InChI=1S/C26H20F3NO4/c1-15(31)16-3-7-19(8-4-16)33-11-12-34-26-24(17-5-10-21(28)22(29)13-17)30(2)23-14-18(27)6-9-20(23)25(26)32/h3-10,13-14H,11-12H2,1-2H3. The number of pyridine rings is 1. The summed E-state index contributed by atoms with van der Waals surface area (Å²) in [5.41, 5.74) is 0.682. The van der Waals surface area contributed by atoms with Crippen LogP contribution in [-0.4, -0.2) is 23.6 Å². The second kappa shape index (κ2) is 9.43. The molecule has 0 atom stereocenters. The maximum Gasteiger partial charge on any atom is 0.231 e. The molecule has 0 spiro atoms. The van der Waals surface area contributed by atoms with Gasteiger partial charge in [-0.25, -0.2) is 13.2 Å². The first-order valence-corrected chi connectivity index (χ1v) is 10.4. The van der Waals surface area contributed by atoms with Gasteiger partial charge in [-0.2, -0.15) is 0 Å². The van der Waals surface area contributed by atoms with Crippen molar-refractivity contribution in [1.29, 1.82) is 0 Å². The molecule has 0 fully saturated rings. The normalized spacial score (nSPS) is 11.0. The lowest BCUT2D eigenvalue weighted by Crippen LogP contribution is -2.18. The molecule has 34 heavy (non-hydrogen) atoms. The number of aromatic nitrogens is 1. The van der Waals surface area contributed by atoms with Gasteiger partial charge in [-0.1, -0.05) is 0 Å². The minimum Gasteiger partial charge on any atom is -0.490 e. The lowest BCUT2D eigenvalue weighted by molar-refractivity contribution is 0.101. The fraction of sp³-hybridized carbons (Fsp3) is 0.154. The molecule has 0 saturated carbocycles. The molecule has 1 aromatic heterocycles. The van der Waals surface area contributed by atoms with Crippen LogP contribution >= 0.6 is 0 Å². The van der Waals surface area contributed by atoms with Crippen LogP contribution in [0.2, 0.25) is 0 Å². The monoisotopic (exact) mass is 467 g/mol. The molecule has 1 heterocycles. The summed E-state index contributed by atoms with van der Waals surface area (Å²) in [6.45, 7) is 1.50. The van der Waals surface area contributed by atoms with Crippen molar-refractivity contribution in [3.8, 4) is 22.8 Å². The predicted octanol–water partition coefficient (Wildman–Crippen LogP) is 5.28. The maximum atomic E-state index is 14.0. The lowest BCUT2D eigenvalue weighted by Gasteiger charge is -2.18. The number of benzene rings is 3. The van der Waals surface area contributed by atoms with Crippen LogP contribution in [0.3, 0.4) is 0 Å². The van der Waals surface area contributed by atoms with Crippen molar-refractivity contribution in [2.75, 3.05) is 13.2 Å². The number of nitrogens with zero attached hydrogens (tertiary/aromatic N) is 1. The van der Waals surface area contributed by atoms with E-state index in [0.29, 0.717) is 11.3 Å². The van der Waals surface area contributed by atoms with Crippen molar-refractivity contribution >= 4 is 16.7 Å². The number of ether oxygens (including phenoxy) is 2. The summed E-state index contributed by atoms with van der Waals surface area (Å²) in [5, 5.41) is 0.214. The molecule has 0 amide bonds. The van der Waals surface area contributed by atoms with Gasteiger partial charge in [0.05, 0.1) is 11.2 Å². The van der Waals surface area contributed by atoms with Gasteiger partial charge in [-0.3, -0.25) is 9.59 Å². The molecule has 0 saturated heterocycles. The summed E-state index contributed by atoms with van der Waals surface area (Å²) in [6.07, 6.45) is 0. The van der Waals surface area contributed by atoms with E-state index in [1.807, 2.05) is 0 Å². The van der Waals surface area contributed by atoms with E-state index in [2.05, 4.69) is 0 Å². The van der Waals surface area contributed by atoms with Gasteiger partial charge in [0.25, 0.3) is 0 Å². The van der Waals surface area contributed by atoms with Crippen LogP contribution in [0.4, 0.5) is 13.2 Å². The zero-order valence-electron chi connectivity index (χ0n) is 18.4. The molecule has 0 radical (unpaired) electrons. The summed E-state index contributed by atoms with van der Waals surface area (Å²) in [7, 11) is 1.58. The Morgan fingerprint density at radius 1 is 0.882 bits per heavy atom. The van der Waals surface area contributed by atoms with Crippen molar-refractivity contribution in [2.24, 2.45) is 7.05 Å². The topological polar surface area (TPSA) is 57.5 Å². The van der Waals surface area contributed by atoms with Crippen LogP contribution in [0.25, 0.3) is 22.2 Å². The second-order valence-corrected chi connectivity index (χ2v) is 7.63. The molecule has 4 aromatic rings. The van der Waals surface area contributed by atoms with E-state index >= 15 is 0 Å². The van der Waals surface area contributed by atoms with Crippen LogP contribution in [0, 0.1) is 17.5 Å². The highest BCUT2D eigenvalue weighted by molar-refractivity contribution is 5.94. The second-order valence-electron chi connectivity index (χ2n) is 7.63. The molecule has 0 unspecified atom stereocenters. The molecule has 174 valence electrons. The Kier molecular flexibility index (Phi) is 6.40. The average Bonchev–Trinajstić information content (AvgIpc) is 2.82. The number of halogens is 3. The van der Waals surface area contributed by atoms with Crippen molar-refractivity contribution in [1.82, 2.24) is 4.57 Å². The first-order chi connectivity index (χ1) is 16.3. The molecule has 0 aliphatic heterocycles. The third-order valence-electron chi connectivity index (χ3n) is 5.37. The van der Waals surface area contributed by atoms with Gasteiger partial charge in [-0.05, 0) is 67.6 Å². The third kappa shape index (κ3) is 4.52. The Bertz CT molecular complexity index is 1450. The number of rotatable bonds is 7. The highest BCUT2D eigenvalue weighted by atomic mass is 19.2. The minimum absolute atomic E-state index is 0.0346. The Morgan fingerprint density at radius 2 is 1.59 bits per heavy atom. The van der Waals surface area contributed by atoms with E-state index in [-0.39, 0.29) is 46.9 Å². The Morgan fingerprint density at radius 3 is 2.26 bits per heavy atom. The van der Waals surface area contributed by atoms with Crippen LogP contribution in [0.5, 0.6) is 11.5 Å². The molecule has 4 rings (SSSR count). The Labute approximate surface area is 193 Å². The fourth-order valence-corrected chi connectivity index (χ4v) is 3.67. The van der Waals surface area contributed by atoms with E-state index in [0.717, 1.165) is 12.1 Å². The minimum atomic E-state index is -1.09. The fourth-order valence-electron chi connectivity index (χ4n) is 3.67. The number of hydrogen-bond donors (Lipinski definition) is 0. The lowest BCUT2D eigenvalue weighted by atomic mass is 10.1. The summed E-state index contributed by atoms with van der Waals surface area (Å²) in [6, 6.07) is 13.5. The average molecular weight is 467 g/mol. The van der Waals surface area contributed by atoms with E-state index in [1.165, 1.54) is 35.8 Å². The third-order valence-corrected chi connectivity index (χ3v) is 5.37. The van der Waals surface area contributed by atoms with E-state index < -0.39 is 22.9 Å². The van der Waals surface area contributed by atoms with E-state index in [1.54, 1.807) is 31.3 Å². The van der Waals surface area contributed by atoms with Crippen LogP contribution in [-0.2, 0) is 7.05 Å². The zero-order chi connectivity index (χ0) is 24.4. The van der Waals surface area contributed by atoms with Gasteiger partial charge in [0, 0.05) is 23.6 Å². The van der Waals surface area contributed by atoms with Crippen LogP contribution in [0.1, 0.15) is 17.3 Å². The Balaban J connectivity index is 1.67. The van der Waals surface area contributed by atoms with Gasteiger partial charge in [0.15, 0.2) is 23.2 Å². The highest BCUT2D eigenvalue weighted by Crippen LogP contribution is 2.31. The summed E-state index contributed by atoms with van der Waals surface area (Å²) in [5.74, 6) is -2.32. The van der Waals surface area contributed by atoms with Gasteiger partial charge < -0.3 is 14.0 Å². The van der Waals surface area contributed by atoms with Crippen molar-refractivity contribution in [3.05, 3.63) is 93.9 Å². The predicted molar refractivity (Wildman–Crippen MR) is 122 cm³/mol. The largest absolute Gasteiger partial charge is 0.490 e. The summed E-state index contributed by atoms with van der Waals surface area (Å²) < 4.78 is 54.3. The van der Waals surface area contributed by atoms with Crippen LogP contribution in [0.15, 0.2) is 65.5 Å². The summed E-state index contributed by atoms with van der Waals surface area (Å²) >= 11 is 0. The number of hydrogen-bond acceptors (Lipinski definition) is 4. The quantitative estimate of drug-likeness (QED) is 0.274. The van der Waals surface area contributed by atoms with Gasteiger partial charge in [-0.15, -0.1) is 0 Å². The van der Waals surface area contributed by atoms with Gasteiger partial charge in [0.1, 0.15) is 24.8 Å². The molecular formula is C26H20F3NO4. The highest BCUT2D eigenvalue weighted by Gasteiger charge is 2.20. The number of Topliss-reactive ketones (excluding diaryl/α,β-unsaturated/α-hetero) is 1. The number of carbonyl (C=O) groups is 1. The SMILES string of the molecule is CC(=O)c1ccc(OCCOc2c(-c3ccc(F)c(F)c3)n(C)c3cc(F)ccc3c2=O)cc1. The van der Waals surface area contributed by atoms with Gasteiger partial charge >= 0.3 is 0 Å². The molecule has 5 nitrogen and oxygen atoms in total. The maximum absolute atomic E-state index is 14.0. The number of fused-ring (bicyclic) bond motifs is 1. The number of carbonyl (C=O) groups excluding carboxylic acids is 1. The molecule has 0 N–H and O–H groups in total. The molecule has 0 aliphatic carbocycles. The van der Waals surface area contributed by atoms with Crippen LogP contribution < -0.4 is 14.9 Å². The molecular weight excluding hydrogens is 447 g/mol. The van der Waals surface area contributed by atoms with E-state index in [4.69, 9.17) is 9.47 Å². The smallest absolute Gasteiger partial charge is 0.231 e. The molecule has 3 aromatic carbocycles. The molecule has 0 aliphatic rings. The van der Waals surface area contributed by atoms with Crippen molar-refractivity contribution in [2.45, 2.75) is 6.92 Å². The molecule has 8 heteroatoms. The van der Waals surface area contributed by atoms with Gasteiger partial charge in [0.2, 0.25) is 5.43 Å². The first-order valence-electron chi connectivity index (χ1n) is 10.4.